The average Bonchev–Trinajstić information content (AvgIpc) is 3.95. The minimum absolute atomic E-state index is 0.0596. The number of amides is 1. The highest BCUT2D eigenvalue weighted by molar-refractivity contribution is 7.92. The molecular formula is C39H46N6O5S. The maximum Gasteiger partial charge on any atom is 0.264 e. The molecule has 1 saturated heterocycles. The van der Waals surface area contributed by atoms with Crippen molar-refractivity contribution in [2.24, 2.45) is 5.41 Å². The third-order valence-electron chi connectivity index (χ3n) is 9.76. The molecule has 2 aromatic carbocycles. The van der Waals surface area contributed by atoms with E-state index < -0.39 is 16.1 Å². The van der Waals surface area contributed by atoms with Crippen molar-refractivity contribution in [3.63, 3.8) is 0 Å². The van der Waals surface area contributed by atoms with Crippen LogP contribution in [0.4, 0.5) is 11.6 Å². The summed E-state index contributed by atoms with van der Waals surface area (Å²) in [5.41, 5.74) is 6.33. The second kappa shape index (κ2) is 13.9. The maximum atomic E-state index is 14.6. The number of aryl methyl sites for hydroxylation is 1. The van der Waals surface area contributed by atoms with Gasteiger partial charge in [-0.05, 0) is 85.9 Å². The van der Waals surface area contributed by atoms with Gasteiger partial charge in [0.2, 0.25) is 11.8 Å². The Morgan fingerprint density at radius 1 is 0.980 bits per heavy atom. The molecule has 4 heterocycles. The van der Waals surface area contributed by atoms with Gasteiger partial charge in [0.25, 0.3) is 15.9 Å². The lowest BCUT2D eigenvalue weighted by atomic mass is 9.87. The standard InChI is InChI=1S/C39H46N6O5S/c1-25-8-6-11-33(27-12-13-27)34(25)35-26(2)36-42-38(41-35)43-51(47,48)32-10-7-9-28(20-32)37(46)45(31(24-50-36)21-39(3,4)5)23-29-14-15-30(22-40-29)44-16-18-49-19-17-44/h6-11,14-15,20,22,27,31H,12-13,16-19,21,23-24H2,1-5H3,(H,41,42,43)/t31-/m1/s1. The predicted octanol–water partition coefficient (Wildman–Crippen LogP) is 6.51. The molecule has 2 fully saturated rings. The Hall–Kier alpha value is -4.55. The van der Waals surface area contributed by atoms with E-state index in [0.29, 0.717) is 42.5 Å². The second-order valence-electron chi connectivity index (χ2n) is 15.0. The Kier molecular flexibility index (Phi) is 9.49. The number of carbonyl (C=O) groups excluding carboxylic acids is 1. The summed E-state index contributed by atoms with van der Waals surface area (Å²) in [4.78, 5) is 32.7. The molecule has 11 nitrogen and oxygen atoms in total. The smallest absolute Gasteiger partial charge is 0.264 e. The van der Waals surface area contributed by atoms with Crippen LogP contribution >= 0.6 is 0 Å². The van der Waals surface area contributed by atoms with E-state index in [1.165, 1.54) is 17.7 Å². The molecule has 7 rings (SSSR count). The van der Waals surface area contributed by atoms with E-state index in [1.807, 2.05) is 38.2 Å². The Balaban J connectivity index is 1.33. The van der Waals surface area contributed by atoms with Crippen molar-refractivity contribution in [1.29, 1.82) is 0 Å². The van der Waals surface area contributed by atoms with Crippen LogP contribution in [-0.2, 0) is 21.3 Å². The SMILES string of the molecule is Cc1cccc(C2CC2)c1-c1nc2nc(c1C)OC[C@@H](CC(C)(C)C)N(Cc1ccc(N3CCOCC3)cn1)C(=O)c1cccc(c1)S(=O)(=O)N2. The van der Waals surface area contributed by atoms with Crippen LogP contribution in [0.1, 0.15) is 78.7 Å². The van der Waals surface area contributed by atoms with Crippen molar-refractivity contribution in [3.8, 4) is 17.1 Å². The Bertz CT molecular complexity index is 2040. The number of rotatable bonds is 6. The molecule has 1 aliphatic carbocycles. The zero-order valence-electron chi connectivity index (χ0n) is 30.0. The number of anilines is 2. The third kappa shape index (κ3) is 7.72. The summed E-state index contributed by atoms with van der Waals surface area (Å²) in [5.74, 6) is 0.309. The lowest BCUT2D eigenvalue weighted by Gasteiger charge is -2.36. The predicted molar refractivity (Wildman–Crippen MR) is 197 cm³/mol. The molecule has 12 heteroatoms. The van der Waals surface area contributed by atoms with E-state index in [1.54, 1.807) is 17.0 Å². The van der Waals surface area contributed by atoms with Gasteiger partial charge in [-0.1, -0.05) is 45.0 Å². The molecule has 51 heavy (non-hydrogen) atoms. The molecule has 3 aliphatic rings. The first-order chi connectivity index (χ1) is 24.4. The minimum Gasteiger partial charge on any atom is -0.475 e. The number of ether oxygens (including phenoxy) is 2. The Labute approximate surface area is 300 Å². The van der Waals surface area contributed by atoms with Crippen LogP contribution in [0, 0.1) is 19.3 Å². The van der Waals surface area contributed by atoms with Gasteiger partial charge in [0, 0.05) is 29.8 Å². The Morgan fingerprint density at radius 3 is 2.45 bits per heavy atom. The van der Waals surface area contributed by atoms with Crippen molar-refractivity contribution in [3.05, 3.63) is 88.7 Å². The highest BCUT2D eigenvalue weighted by Crippen LogP contribution is 2.46. The first-order valence-corrected chi connectivity index (χ1v) is 19.2. The highest BCUT2D eigenvalue weighted by Gasteiger charge is 2.33. The van der Waals surface area contributed by atoms with Crippen molar-refractivity contribution < 1.29 is 22.7 Å². The van der Waals surface area contributed by atoms with Gasteiger partial charge in [0.1, 0.15) is 6.61 Å². The van der Waals surface area contributed by atoms with Gasteiger partial charge in [0.15, 0.2) is 0 Å². The number of nitrogens with zero attached hydrogens (tertiary/aromatic N) is 5. The van der Waals surface area contributed by atoms with Crippen LogP contribution in [0.5, 0.6) is 5.88 Å². The highest BCUT2D eigenvalue weighted by atomic mass is 32.2. The summed E-state index contributed by atoms with van der Waals surface area (Å²) in [6.45, 7) is 13.6. The van der Waals surface area contributed by atoms with E-state index >= 15 is 0 Å². The van der Waals surface area contributed by atoms with Gasteiger partial charge in [-0.15, -0.1) is 0 Å². The summed E-state index contributed by atoms with van der Waals surface area (Å²) < 4.78 is 42.4. The van der Waals surface area contributed by atoms with Crippen molar-refractivity contribution in [2.45, 2.75) is 77.3 Å². The van der Waals surface area contributed by atoms with Gasteiger partial charge in [-0.25, -0.2) is 18.1 Å². The van der Waals surface area contributed by atoms with E-state index in [-0.39, 0.29) is 46.8 Å². The lowest BCUT2D eigenvalue weighted by molar-refractivity contribution is 0.0508. The molecule has 2 aliphatic heterocycles. The number of nitrogens with one attached hydrogen (secondary N) is 1. The maximum absolute atomic E-state index is 14.6. The van der Waals surface area contributed by atoms with Crippen molar-refractivity contribution in [2.75, 3.05) is 42.5 Å². The topological polar surface area (TPSA) is 127 Å². The molecule has 1 amide bonds. The fourth-order valence-corrected chi connectivity index (χ4v) is 8.01. The Morgan fingerprint density at radius 2 is 1.75 bits per heavy atom. The number of hydrogen-bond acceptors (Lipinski definition) is 9. The van der Waals surface area contributed by atoms with E-state index in [2.05, 4.69) is 47.5 Å². The van der Waals surface area contributed by atoms with Crippen LogP contribution in [0.3, 0.4) is 0 Å². The quantitative estimate of drug-likeness (QED) is 0.238. The van der Waals surface area contributed by atoms with Gasteiger partial charge in [-0.2, -0.15) is 4.98 Å². The molecule has 0 spiro atoms. The summed E-state index contributed by atoms with van der Waals surface area (Å²) >= 11 is 0. The van der Waals surface area contributed by atoms with E-state index in [0.717, 1.165) is 42.7 Å². The third-order valence-corrected chi connectivity index (χ3v) is 11.1. The van der Waals surface area contributed by atoms with Crippen LogP contribution in [0.2, 0.25) is 0 Å². The van der Waals surface area contributed by atoms with Gasteiger partial charge >= 0.3 is 0 Å². The van der Waals surface area contributed by atoms with Crippen molar-refractivity contribution >= 4 is 27.6 Å². The second-order valence-corrected chi connectivity index (χ2v) is 16.7. The summed E-state index contributed by atoms with van der Waals surface area (Å²) in [6.07, 6.45) is 4.65. The van der Waals surface area contributed by atoms with Gasteiger partial charge in [0.05, 0.1) is 54.0 Å². The molecule has 1 atom stereocenters. The summed E-state index contributed by atoms with van der Waals surface area (Å²) in [5, 5.41) is 0. The fourth-order valence-electron chi connectivity index (χ4n) is 7.02. The van der Waals surface area contributed by atoms with E-state index in [4.69, 9.17) is 19.4 Å². The van der Waals surface area contributed by atoms with Gasteiger partial charge < -0.3 is 19.3 Å². The molecular weight excluding hydrogens is 665 g/mol. The zero-order chi connectivity index (χ0) is 35.9. The molecule has 0 radical (unpaired) electrons. The largest absolute Gasteiger partial charge is 0.475 e. The number of fused-ring (bicyclic) bond motifs is 4. The van der Waals surface area contributed by atoms with Crippen LogP contribution in [0.15, 0.2) is 65.7 Å². The molecule has 4 aromatic rings. The van der Waals surface area contributed by atoms with Crippen LogP contribution in [-0.4, -0.2) is 73.1 Å². The molecule has 0 unspecified atom stereocenters. The number of benzene rings is 2. The summed E-state index contributed by atoms with van der Waals surface area (Å²) in [7, 11) is -4.18. The number of aromatic nitrogens is 3. The molecule has 2 aromatic heterocycles. The number of hydrogen-bond donors (Lipinski definition) is 1. The summed E-state index contributed by atoms with van der Waals surface area (Å²) in [6, 6.07) is 15.9. The first-order valence-electron chi connectivity index (χ1n) is 17.7. The molecule has 1 N–H and O–H groups in total. The molecule has 4 bridgehead atoms. The van der Waals surface area contributed by atoms with E-state index in [9.17, 15) is 13.2 Å². The minimum atomic E-state index is -4.18. The number of sulfonamides is 1. The van der Waals surface area contributed by atoms with Crippen LogP contribution in [0.25, 0.3) is 11.3 Å². The normalized spacial score (nSPS) is 19.3. The molecule has 268 valence electrons. The first kappa shape index (κ1) is 34.9. The van der Waals surface area contributed by atoms with Gasteiger partial charge in [-0.3, -0.25) is 9.78 Å². The number of morpholine rings is 1. The monoisotopic (exact) mass is 710 g/mol. The molecule has 1 saturated carbocycles. The zero-order valence-corrected chi connectivity index (χ0v) is 30.8. The average molecular weight is 711 g/mol. The lowest BCUT2D eigenvalue weighted by Crippen LogP contribution is -2.45. The fraction of sp³-hybridized carbons (Fsp3) is 0.436. The van der Waals surface area contributed by atoms with Crippen molar-refractivity contribution in [1.82, 2.24) is 19.9 Å². The van der Waals surface area contributed by atoms with Crippen LogP contribution < -0.4 is 14.4 Å². The number of carbonyl (C=O) groups is 1. The number of pyridine rings is 1.